The summed E-state index contributed by atoms with van der Waals surface area (Å²) in [5.74, 6) is 0.00632. The van der Waals surface area contributed by atoms with E-state index >= 15 is 0 Å². The van der Waals surface area contributed by atoms with Crippen LogP contribution in [0.2, 0.25) is 0 Å². The van der Waals surface area contributed by atoms with Gasteiger partial charge in [-0.1, -0.05) is 61.0 Å². The monoisotopic (exact) mass is 436 g/mol. The van der Waals surface area contributed by atoms with Crippen molar-refractivity contribution in [1.29, 1.82) is 0 Å². The van der Waals surface area contributed by atoms with Gasteiger partial charge in [0.1, 0.15) is 0 Å². The molecule has 0 bridgehead atoms. The lowest BCUT2D eigenvalue weighted by atomic mass is 9.89. The van der Waals surface area contributed by atoms with E-state index in [0.717, 1.165) is 42.6 Å². The van der Waals surface area contributed by atoms with Gasteiger partial charge in [0.25, 0.3) is 5.91 Å². The molecule has 0 unspecified atom stereocenters. The van der Waals surface area contributed by atoms with Gasteiger partial charge in [-0.15, -0.1) is 0 Å². The molecule has 3 nitrogen and oxygen atoms in total. The van der Waals surface area contributed by atoms with E-state index in [-0.39, 0.29) is 5.91 Å². The zero-order valence-electron chi connectivity index (χ0n) is 19.2. The largest absolute Gasteiger partial charge is 0.322 e. The molecule has 0 aromatic heterocycles. The molecule has 5 rings (SSSR count). The molecule has 0 atom stereocenters. The van der Waals surface area contributed by atoms with Gasteiger partial charge in [0.05, 0.1) is 0 Å². The van der Waals surface area contributed by atoms with E-state index in [1.165, 1.54) is 54.6 Å². The van der Waals surface area contributed by atoms with Crippen LogP contribution in [0, 0.1) is 0 Å². The van der Waals surface area contributed by atoms with Crippen molar-refractivity contribution in [1.82, 2.24) is 4.90 Å². The predicted octanol–water partition coefficient (Wildman–Crippen LogP) is 6.35. The van der Waals surface area contributed by atoms with Crippen molar-refractivity contribution in [2.75, 3.05) is 25.0 Å². The molecular formula is C30H32N2O. The van der Waals surface area contributed by atoms with Crippen LogP contribution >= 0.6 is 0 Å². The van der Waals surface area contributed by atoms with Gasteiger partial charge in [0.15, 0.2) is 0 Å². The van der Waals surface area contributed by atoms with Crippen molar-refractivity contribution < 1.29 is 4.79 Å². The average Bonchev–Trinajstić information content (AvgIpc) is 2.89. The maximum Gasteiger partial charge on any atom is 0.251 e. The molecule has 0 radical (unpaired) electrons. The molecule has 0 spiro atoms. The van der Waals surface area contributed by atoms with Crippen LogP contribution in [-0.4, -0.2) is 30.4 Å². The van der Waals surface area contributed by atoms with Crippen molar-refractivity contribution in [2.24, 2.45) is 0 Å². The number of nitrogens with one attached hydrogen (secondary N) is 1. The number of carbonyl (C=O) groups excluding carboxylic acids is 1. The summed E-state index contributed by atoms with van der Waals surface area (Å²) >= 11 is 0. The highest BCUT2D eigenvalue weighted by Gasteiger charge is 2.17. The number of aryl methyl sites for hydroxylation is 1. The third-order valence-corrected chi connectivity index (χ3v) is 6.92. The Balaban J connectivity index is 1.22. The van der Waals surface area contributed by atoms with Crippen molar-refractivity contribution >= 4 is 17.7 Å². The van der Waals surface area contributed by atoms with Gasteiger partial charge in [-0.2, -0.15) is 0 Å². The zero-order chi connectivity index (χ0) is 22.5. The van der Waals surface area contributed by atoms with Gasteiger partial charge in [-0.05, 0) is 97.3 Å². The van der Waals surface area contributed by atoms with E-state index < -0.39 is 0 Å². The highest BCUT2D eigenvalue weighted by molar-refractivity contribution is 6.07. The molecule has 1 saturated heterocycles. The molecule has 1 fully saturated rings. The fourth-order valence-electron chi connectivity index (χ4n) is 4.91. The first-order chi connectivity index (χ1) is 16.2. The Kier molecular flexibility index (Phi) is 6.68. The Morgan fingerprint density at radius 2 is 1.61 bits per heavy atom. The Bertz CT molecular complexity index is 1130. The summed E-state index contributed by atoms with van der Waals surface area (Å²) in [6.07, 6.45) is 8.85. The second-order valence-electron chi connectivity index (χ2n) is 9.25. The summed E-state index contributed by atoms with van der Waals surface area (Å²) in [6.45, 7) is 3.60. The van der Waals surface area contributed by atoms with Gasteiger partial charge < -0.3 is 10.2 Å². The third-order valence-electron chi connectivity index (χ3n) is 6.92. The SMILES string of the molecule is O=C(Nc1ccc(CCN2CCCCC2)cc1)C1=Cc2cc(-c3ccccc3)ccc2CC1. The Hall–Kier alpha value is -3.17. The summed E-state index contributed by atoms with van der Waals surface area (Å²) in [5.41, 5.74) is 7.90. The van der Waals surface area contributed by atoms with Crippen molar-refractivity contribution in [3.8, 4) is 11.1 Å². The second-order valence-corrected chi connectivity index (χ2v) is 9.25. The molecule has 1 aliphatic heterocycles. The minimum atomic E-state index is 0.00632. The molecule has 0 saturated carbocycles. The predicted molar refractivity (Wildman–Crippen MR) is 137 cm³/mol. The number of likely N-dealkylation sites (tertiary alicyclic amines) is 1. The Labute approximate surface area is 197 Å². The first-order valence-electron chi connectivity index (χ1n) is 12.3. The van der Waals surface area contributed by atoms with Crippen LogP contribution in [0.15, 0.2) is 78.4 Å². The maximum absolute atomic E-state index is 13.0. The molecule has 3 heteroatoms. The van der Waals surface area contributed by atoms with Crippen molar-refractivity contribution in [2.45, 2.75) is 38.5 Å². The van der Waals surface area contributed by atoms with Gasteiger partial charge in [-0.25, -0.2) is 0 Å². The first-order valence-corrected chi connectivity index (χ1v) is 12.3. The van der Waals surface area contributed by atoms with Crippen LogP contribution in [-0.2, 0) is 17.6 Å². The molecule has 1 aliphatic carbocycles. The molecule has 1 N–H and O–H groups in total. The van der Waals surface area contributed by atoms with Crippen LogP contribution < -0.4 is 5.32 Å². The van der Waals surface area contributed by atoms with Crippen LogP contribution in [0.1, 0.15) is 42.4 Å². The Morgan fingerprint density at radius 3 is 2.39 bits per heavy atom. The topological polar surface area (TPSA) is 32.3 Å². The summed E-state index contributed by atoms with van der Waals surface area (Å²) < 4.78 is 0. The number of hydrogen-bond acceptors (Lipinski definition) is 2. The average molecular weight is 437 g/mol. The van der Waals surface area contributed by atoms with E-state index in [4.69, 9.17) is 0 Å². The number of carbonyl (C=O) groups is 1. The number of benzene rings is 3. The van der Waals surface area contributed by atoms with Crippen LogP contribution in [0.4, 0.5) is 5.69 Å². The van der Waals surface area contributed by atoms with E-state index in [0.29, 0.717) is 0 Å². The summed E-state index contributed by atoms with van der Waals surface area (Å²) in [4.78, 5) is 15.5. The molecule has 168 valence electrons. The van der Waals surface area contributed by atoms with Gasteiger partial charge >= 0.3 is 0 Å². The van der Waals surface area contributed by atoms with E-state index in [1.54, 1.807) is 0 Å². The standard InChI is InChI=1S/C30H32N2O/c33-30(31-29-15-9-23(10-16-29)17-20-32-18-5-2-6-19-32)27-14-12-25-11-13-26(21-28(25)22-27)24-7-3-1-4-8-24/h1,3-4,7-11,13,15-16,21-22H,2,5-6,12,14,17-20H2,(H,31,33). The second kappa shape index (κ2) is 10.2. The third kappa shape index (κ3) is 5.43. The van der Waals surface area contributed by atoms with Crippen molar-refractivity contribution in [3.63, 3.8) is 0 Å². The first kappa shape index (κ1) is 21.7. The van der Waals surface area contributed by atoms with E-state index in [2.05, 4.69) is 70.9 Å². The number of piperidine rings is 1. The number of anilines is 1. The molecule has 1 amide bonds. The highest BCUT2D eigenvalue weighted by Crippen LogP contribution is 2.29. The van der Waals surface area contributed by atoms with Crippen LogP contribution in [0.25, 0.3) is 17.2 Å². The zero-order valence-corrected chi connectivity index (χ0v) is 19.2. The fraction of sp³-hybridized carbons (Fsp3) is 0.300. The minimum Gasteiger partial charge on any atom is -0.322 e. The minimum absolute atomic E-state index is 0.00632. The van der Waals surface area contributed by atoms with Gasteiger partial charge in [0, 0.05) is 17.8 Å². The molecule has 3 aromatic carbocycles. The maximum atomic E-state index is 13.0. The van der Waals surface area contributed by atoms with Crippen LogP contribution in [0.3, 0.4) is 0 Å². The van der Waals surface area contributed by atoms with Gasteiger partial charge in [-0.3, -0.25) is 4.79 Å². The number of rotatable bonds is 6. The van der Waals surface area contributed by atoms with Crippen molar-refractivity contribution in [3.05, 3.63) is 95.1 Å². The highest BCUT2D eigenvalue weighted by atomic mass is 16.1. The molecule has 33 heavy (non-hydrogen) atoms. The lowest BCUT2D eigenvalue weighted by Crippen LogP contribution is -2.31. The smallest absolute Gasteiger partial charge is 0.251 e. The number of hydrogen-bond donors (Lipinski definition) is 1. The van der Waals surface area contributed by atoms with E-state index in [9.17, 15) is 4.79 Å². The fourth-order valence-corrected chi connectivity index (χ4v) is 4.91. The lowest BCUT2D eigenvalue weighted by molar-refractivity contribution is -0.112. The number of amides is 1. The quantitative estimate of drug-likeness (QED) is 0.488. The number of fused-ring (bicyclic) bond motifs is 1. The summed E-state index contributed by atoms with van der Waals surface area (Å²) in [7, 11) is 0. The molecule has 1 heterocycles. The summed E-state index contributed by atoms with van der Waals surface area (Å²) in [6, 6.07) is 25.3. The normalized spacial score (nSPS) is 16.1. The van der Waals surface area contributed by atoms with E-state index in [1.807, 2.05) is 18.2 Å². The molecular weight excluding hydrogens is 404 g/mol. The molecule has 2 aliphatic rings. The molecule has 3 aromatic rings. The Morgan fingerprint density at radius 1 is 0.818 bits per heavy atom. The lowest BCUT2D eigenvalue weighted by Gasteiger charge is -2.26. The van der Waals surface area contributed by atoms with Gasteiger partial charge in [0.2, 0.25) is 0 Å². The van der Waals surface area contributed by atoms with Crippen LogP contribution in [0.5, 0.6) is 0 Å². The summed E-state index contributed by atoms with van der Waals surface area (Å²) in [5, 5.41) is 3.10. The number of nitrogens with zero attached hydrogens (tertiary/aromatic N) is 1.